The third-order valence-electron chi connectivity index (χ3n) is 3.26. The summed E-state index contributed by atoms with van der Waals surface area (Å²) in [5.41, 5.74) is 1.23. The van der Waals surface area contributed by atoms with Crippen molar-refractivity contribution in [3.8, 4) is 5.75 Å². The van der Waals surface area contributed by atoms with Crippen molar-refractivity contribution in [2.75, 3.05) is 7.11 Å². The zero-order valence-electron chi connectivity index (χ0n) is 12.5. The van der Waals surface area contributed by atoms with Gasteiger partial charge in [0.05, 0.1) is 13.2 Å². The maximum atomic E-state index is 5.40. The largest absolute Gasteiger partial charge is 0.496 e. The van der Waals surface area contributed by atoms with E-state index in [-0.39, 0.29) is 6.04 Å². The minimum atomic E-state index is 0.276. The van der Waals surface area contributed by atoms with Gasteiger partial charge in [0.15, 0.2) is 0 Å². The van der Waals surface area contributed by atoms with Crippen molar-refractivity contribution in [2.45, 2.75) is 39.3 Å². The van der Waals surface area contributed by atoms with Gasteiger partial charge in [-0.25, -0.2) is 4.98 Å². The first-order valence-corrected chi connectivity index (χ1v) is 7.72. The SMILES string of the molecule is COc1ccccc1C[C@@H](C)N[C@H](C)c1ncc(C)s1. The molecule has 1 aromatic heterocycles. The maximum absolute atomic E-state index is 5.40. The van der Waals surface area contributed by atoms with Gasteiger partial charge in [0.1, 0.15) is 10.8 Å². The van der Waals surface area contributed by atoms with Gasteiger partial charge in [-0.05, 0) is 38.8 Å². The molecule has 0 aliphatic rings. The van der Waals surface area contributed by atoms with Gasteiger partial charge >= 0.3 is 0 Å². The zero-order valence-corrected chi connectivity index (χ0v) is 13.3. The van der Waals surface area contributed by atoms with E-state index in [1.54, 1.807) is 18.4 Å². The third-order valence-corrected chi connectivity index (χ3v) is 4.36. The second-order valence-corrected chi connectivity index (χ2v) is 6.38. The highest BCUT2D eigenvalue weighted by Crippen LogP contribution is 2.22. The monoisotopic (exact) mass is 290 g/mol. The Morgan fingerprint density at radius 2 is 2.05 bits per heavy atom. The van der Waals surface area contributed by atoms with Crippen LogP contribution in [0.3, 0.4) is 0 Å². The van der Waals surface area contributed by atoms with E-state index < -0.39 is 0 Å². The number of benzene rings is 1. The van der Waals surface area contributed by atoms with Gasteiger partial charge in [-0.1, -0.05) is 18.2 Å². The molecule has 2 rings (SSSR count). The van der Waals surface area contributed by atoms with Crippen LogP contribution in [0.4, 0.5) is 0 Å². The first-order valence-electron chi connectivity index (χ1n) is 6.90. The van der Waals surface area contributed by atoms with Crippen LogP contribution in [-0.2, 0) is 6.42 Å². The molecule has 1 aromatic carbocycles. The lowest BCUT2D eigenvalue weighted by atomic mass is 10.1. The van der Waals surface area contributed by atoms with E-state index >= 15 is 0 Å². The average molecular weight is 290 g/mol. The Labute approximate surface area is 125 Å². The van der Waals surface area contributed by atoms with Crippen molar-refractivity contribution in [3.05, 3.63) is 45.9 Å². The van der Waals surface area contributed by atoms with Crippen LogP contribution >= 0.6 is 11.3 Å². The summed E-state index contributed by atoms with van der Waals surface area (Å²) >= 11 is 1.75. The predicted octanol–water partition coefficient (Wildman–Crippen LogP) is 3.74. The average Bonchev–Trinajstić information content (AvgIpc) is 2.86. The van der Waals surface area contributed by atoms with E-state index in [1.807, 2.05) is 18.3 Å². The summed E-state index contributed by atoms with van der Waals surface area (Å²) in [5, 5.41) is 4.75. The number of nitrogens with zero attached hydrogens (tertiary/aromatic N) is 1. The topological polar surface area (TPSA) is 34.1 Å². The molecular formula is C16H22N2OS. The fourth-order valence-electron chi connectivity index (χ4n) is 2.33. The van der Waals surface area contributed by atoms with Crippen molar-refractivity contribution < 1.29 is 4.74 Å². The van der Waals surface area contributed by atoms with Crippen molar-refractivity contribution in [1.29, 1.82) is 0 Å². The summed E-state index contributed by atoms with van der Waals surface area (Å²) in [6.45, 7) is 6.45. The molecule has 3 nitrogen and oxygen atoms in total. The van der Waals surface area contributed by atoms with E-state index in [0.717, 1.165) is 17.2 Å². The van der Waals surface area contributed by atoms with Gasteiger partial charge in [-0.15, -0.1) is 11.3 Å². The molecule has 0 bridgehead atoms. The highest BCUT2D eigenvalue weighted by molar-refractivity contribution is 7.11. The molecule has 0 amide bonds. The molecule has 20 heavy (non-hydrogen) atoms. The van der Waals surface area contributed by atoms with E-state index in [1.165, 1.54) is 10.4 Å². The first kappa shape index (κ1) is 15.0. The molecule has 0 unspecified atom stereocenters. The second-order valence-electron chi connectivity index (χ2n) is 5.11. The smallest absolute Gasteiger partial charge is 0.122 e. The zero-order chi connectivity index (χ0) is 14.5. The Hall–Kier alpha value is -1.39. The van der Waals surface area contributed by atoms with Crippen molar-refractivity contribution in [1.82, 2.24) is 10.3 Å². The Morgan fingerprint density at radius 1 is 1.30 bits per heavy atom. The van der Waals surface area contributed by atoms with Crippen LogP contribution in [0.15, 0.2) is 30.5 Å². The van der Waals surface area contributed by atoms with Crippen molar-refractivity contribution >= 4 is 11.3 Å². The molecule has 4 heteroatoms. The molecule has 1 heterocycles. The summed E-state index contributed by atoms with van der Waals surface area (Å²) in [5.74, 6) is 0.957. The lowest BCUT2D eigenvalue weighted by Gasteiger charge is -2.19. The molecule has 2 atom stereocenters. The summed E-state index contributed by atoms with van der Waals surface area (Å²) in [6, 6.07) is 8.83. The minimum Gasteiger partial charge on any atom is -0.496 e. The van der Waals surface area contributed by atoms with Crippen LogP contribution < -0.4 is 10.1 Å². The normalized spacial score (nSPS) is 14.0. The van der Waals surface area contributed by atoms with Gasteiger partial charge in [-0.2, -0.15) is 0 Å². The molecule has 0 spiro atoms. The Bertz CT molecular complexity index is 553. The van der Waals surface area contributed by atoms with E-state index in [2.05, 4.69) is 43.2 Å². The molecule has 0 saturated carbocycles. The molecule has 0 radical (unpaired) electrons. The Morgan fingerprint density at radius 3 is 2.70 bits per heavy atom. The number of thiazole rings is 1. The van der Waals surface area contributed by atoms with E-state index in [4.69, 9.17) is 4.74 Å². The second kappa shape index (κ2) is 6.86. The van der Waals surface area contributed by atoms with Gasteiger partial charge in [-0.3, -0.25) is 0 Å². The highest BCUT2D eigenvalue weighted by Gasteiger charge is 2.14. The first-order chi connectivity index (χ1) is 9.60. The number of rotatable bonds is 6. The number of para-hydroxylation sites is 1. The summed E-state index contributed by atoms with van der Waals surface area (Å²) in [7, 11) is 1.72. The number of aryl methyl sites for hydroxylation is 1. The number of nitrogens with one attached hydrogen (secondary N) is 1. The van der Waals surface area contributed by atoms with Gasteiger partial charge in [0.2, 0.25) is 0 Å². The van der Waals surface area contributed by atoms with Gasteiger partial charge < -0.3 is 10.1 Å². The molecule has 0 saturated heterocycles. The molecule has 108 valence electrons. The van der Waals surface area contributed by atoms with Crippen LogP contribution in [0.2, 0.25) is 0 Å². The number of ether oxygens (including phenoxy) is 1. The van der Waals surface area contributed by atoms with Crippen LogP contribution in [0, 0.1) is 6.92 Å². The molecule has 1 N–H and O–H groups in total. The lowest BCUT2D eigenvalue weighted by molar-refractivity contribution is 0.403. The quantitative estimate of drug-likeness (QED) is 0.880. The fraction of sp³-hybridized carbons (Fsp3) is 0.438. The molecule has 0 aliphatic heterocycles. The number of hydrogen-bond acceptors (Lipinski definition) is 4. The molecule has 0 fully saturated rings. The van der Waals surface area contributed by atoms with E-state index in [0.29, 0.717) is 6.04 Å². The lowest BCUT2D eigenvalue weighted by Crippen LogP contribution is -2.30. The van der Waals surface area contributed by atoms with E-state index in [9.17, 15) is 0 Å². The maximum Gasteiger partial charge on any atom is 0.122 e. The van der Waals surface area contributed by atoms with Crippen LogP contribution in [0.25, 0.3) is 0 Å². The standard InChI is InChI=1S/C16H22N2OS/c1-11(9-14-7-5-6-8-15(14)19-4)18-13(3)16-17-10-12(2)20-16/h5-8,10-11,13,18H,9H2,1-4H3/t11-,13-/m1/s1. The molecule has 0 aliphatic carbocycles. The van der Waals surface area contributed by atoms with Gasteiger partial charge in [0, 0.05) is 17.1 Å². The number of aromatic nitrogens is 1. The van der Waals surface area contributed by atoms with Crippen LogP contribution in [0.1, 0.15) is 35.3 Å². The predicted molar refractivity (Wildman–Crippen MR) is 84.6 cm³/mol. The minimum absolute atomic E-state index is 0.276. The highest BCUT2D eigenvalue weighted by atomic mass is 32.1. The summed E-state index contributed by atoms with van der Waals surface area (Å²) in [6.07, 6.45) is 2.88. The summed E-state index contributed by atoms with van der Waals surface area (Å²) in [4.78, 5) is 5.70. The fourth-order valence-corrected chi connectivity index (χ4v) is 3.12. The van der Waals surface area contributed by atoms with Crippen LogP contribution in [-0.4, -0.2) is 18.1 Å². The molecule has 2 aromatic rings. The number of hydrogen-bond donors (Lipinski definition) is 1. The Balaban J connectivity index is 1.96. The summed E-state index contributed by atoms with van der Waals surface area (Å²) < 4.78 is 5.40. The third kappa shape index (κ3) is 3.81. The van der Waals surface area contributed by atoms with Crippen molar-refractivity contribution in [3.63, 3.8) is 0 Å². The van der Waals surface area contributed by atoms with Crippen LogP contribution in [0.5, 0.6) is 5.75 Å². The Kier molecular flexibility index (Phi) is 5.15. The number of methoxy groups -OCH3 is 1. The van der Waals surface area contributed by atoms with Crippen molar-refractivity contribution in [2.24, 2.45) is 0 Å². The van der Waals surface area contributed by atoms with Gasteiger partial charge in [0.25, 0.3) is 0 Å². The molecular weight excluding hydrogens is 268 g/mol.